The molecule has 0 radical (unpaired) electrons. The van der Waals surface area contributed by atoms with Crippen LogP contribution in [0.1, 0.15) is 43.7 Å². The Morgan fingerprint density at radius 1 is 1.24 bits per heavy atom. The molecule has 0 heterocycles. The Morgan fingerprint density at radius 2 is 1.88 bits per heavy atom. The summed E-state index contributed by atoms with van der Waals surface area (Å²) < 4.78 is 39.1. The third-order valence-electron chi connectivity index (χ3n) is 4.63. The van der Waals surface area contributed by atoms with Crippen LogP contribution in [0.15, 0.2) is 24.3 Å². The monoisotopic (exact) mass is 357 g/mol. The van der Waals surface area contributed by atoms with Crippen molar-refractivity contribution in [1.29, 1.82) is 0 Å². The van der Waals surface area contributed by atoms with E-state index in [2.05, 4.69) is 5.32 Å². The highest BCUT2D eigenvalue weighted by Gasteiger charge is 2.34. The number of benzene rings is 1. The molecule has 4 nitrogen and oxygen atoms in total. The number of nitrogens with one attached hydrogen (secondary N) is 1. The first kappa shape index (κ1) is 19.3. The van der Waals surface area contributed by atoms with Gasteiger partial charge in [-0.2, -0.15) is 13.2 Å². The van der Waals surface area contributed by atoms with Crippen molar-refractivity contribution >= 4 is 11.9 Å². The summed E-state index contributed by atoms with van der Waals surface area (Å²) in [4.78, 5) is 23.4. The second-order valence-corrected chi connectivity index (χ2v) is 6.67. The molecule has 1 fully saturated rings. The molecule has 1 amide bonds. The van der Waals surface area contributed by atoms with E-state index in [-0.39, 0.29) is 24.3 Å². The molecule has 3 atom stereocenters. The SMILES string of the molecule is CC(Cc1ccccc1C(F)(F)F)NC(=O)C1CCCC(C(=O)O)C1. The van der Waals surface area contributed by atoms with E-state index in [0.717, 1.165) is 6.07 Å². The third-order valence-corrected chi connectivity index (χ3v) is 4.63. The molecule has 138 valence electrons. The van der Waals surface area contributed by atoms with E-state index in [1.165, 1.54) is 18.2 Å². The van der Waals surface area contributed by atoms with Gasteiger partial charge >= 0.3 is 12.1 Å². The lowest BCUT2D eigenvalue weighted by Crippen LogP contribution is -2.41. The maximum atomic E-state index is 13.0. The molecule has 3 unspecified atom stereocenters. The number of rotatable bonds is 5. The molecule has 0 aromatic heterocycles. The molecule has 0 aliphatic heterocycles. The van der Waals surface area contributed by atoms with Crippen molar-refractivity contribution in [3.05, 3.63) is 35.4 Å². The Bertz CT molecular complexity index is 630. The Labute approximate surface area is 144 Å². The fraction of sp³-hybridized carbons (Fsp3) is 0.556. The van der Waals surface area contributed by atoms with E-state index in [0.29, 0.717) is 19.3 Å². The molecule has 1 aromatic rings. The van der Waals surface area contributed by atoms with Crippen molar-refractivity contribution in [1.82, 2.24) is 5.32 Å². The highest BCUT2D eigenvalue weighted by atomic mass is 19.4. The average molecular weight is 357 g/mol. The summed E-state index contributed by atoms with van der Waals surface area (Å²) in [5, 5.41) is 11.8. The van der Waals surface area contributed by atoms with E-state index < -0.39 is 35.6 Å². The van der Waals surface area contributed by atoms with Gasteiger partial charge in [-0.05, 0) is 44.2 Å². The van der Waals surface area contributed by atoms with Crippen molar-refractivity contribution in [2.24, 2.45) is 11.8 Å². The molecule has 1 aliphatic carbocycles. The highest BCUT2D eigenvalue weighted by Crippen LogP contribution is 2.33. The number of carbonyl (C=O) groups is 2. The van der Waals surface area contributed by atoms with E-state index in [1.807, 2.05) is 0 Å². The lowest BCUT2D eigenvalue weighted by atomic mass is 9.81. The molecule has 0 bridgehead atoms. The highest BCUT2D eigenvalue weighted by molar-refractivity contribution is 5.80. The summed E-state index contributed by atoms with van der Waals surface area (Å²) in [5.41, 5.74) is -0.561. The van der Waals surface area contributed by atoms with Gasteiger partial charge in [0.15, 0.2) is 0 Å². The predicted octanol–water partition coefficient (Wildman–Crippen LogP) is 3.64. The number of alkyl halides is 3. The Hall–Kier alpha value is -2.05. The average Bonchev–Trinajstić information content (AvgIpc) is 2.54. The van der Waals surface area contributed by atoms with E-state index in [4.69, 9.17) is 5.11 Å². The summed E-state index contributed by atoms with van der Waals surface area (Å²) in [6.45, 7) is 1.66. The van der Waals surface area contributed by atoms with Gasteiger partial charge in [0.1, 0.15) is 0 Å². The molecular weight excluding hydrogens is 335 g/mol. The zero-order valence-electron chi connectivity index (χ0n) is 14.0. The minimum absolute atomic E-state index is 0.0660. The van der Waals surface area contributed by atoms with Crippen LogP contribution in [0.2, 0.25) is 0 Å². The maximum Gasteiger partial charge on any atom is 0.416 e. The maximum absolute atomic E-state index is 13.0. The van der Waals surface area contributed by atoms with Gasteiger partial charge in [0, 0.05) is 12.0 Å². The van der Waals surface area contributed by atoms with Crippen LogP contribution in [0, 0.1) is 11.8 Å². The van der Waals surface area contributed by atoms with E-state index >= 15 is 0 Å². The molecule has 7 heteroatoms. The van der Waals surface area contributed by atoms with E-state index in [1.54, 1.807) is 6.92 Å². The summed E-state index contributed by atoms with van der Waals surface area (Å²) in [5.74, 6) is -2.09. The number of carbonyl (C=O) groups excluding carboxylic acids is 1. The largest absolute Gasteiger partial charge is 0.481 e. The molecular formula is C18H22F3NO3. The molecule has 2 N–H and O–H groups in total. The summed E-state index contributed by atoms with van der Waals surface area (Å²) in [6.07, 6.45) is -2.24. The standard InChI is InChI=1S/C18H22F3NO3/c1-11(9-12-5-2-3-8-15(12)18(19,20)21)22-16(23)13-6-4-7-14(10-13)17(24)25/h2-3,5,8,11,13-14H,4,6-7,9-10H2,1H3,(H,22,23)(H,24,25). The number of amides is 1. The molecule has 1 saturated carbocycles. The van der Waals surface area contributed by atoms with Crippen molar-refractivity contribution in [3.8, 4) is 0 Å². The number of carboxylic acid groups (broad SMARTS) is 1. The van der Waals surface area contributed by atoms with Gasteiger partial charge in [0.2, 0.25) is 5.91 Å². The number of hydrogen-bond donors (Lipinski definition) is 2. The van der Waals surface area contributed by atoms with Gasteiger partial charge in [-0.1, -0.05) is 24.6 Å². The quantitative estimate of drug-likeness (QED) is 0.845. The van der Waals surface area contributed by atoms with Gasteiger partial charge < -0.3 is 10.4 Å². The van der Waals surface area contributed by atoms with Crippen LogP contribution in [0.4, 0.5) is 13.2 Å². The van der Waals surface area contributed by atoms with Crippen LogP contribution in [0.3, 0.4) is 0 Å². The van der Waals surface area contributed by atoms with E-state index in [9.17, 15) is 22.8 Å². The summed E-state index contributed by atoms with van der Waals surface area (Å²) >= 11 is 0. The van der Waals surface area contributed by atoms with Crippen molar-refractivity contribution < 1.29 is 27.9 Å². The van der Waals surface area contributed by atoms with Crippen molar-refractivity contribution in [2.75, 3.05) is 0 Å². The number of carboxylic acids is 1. The number of halogens is 3. The van der Waals surface area contributed by atoms with Crippen LogP contribution in [0.5, 0.6) is 0 Å². The first-order chi connectivity index (χ1) is 11.7. The van der Waals surface area contributed by atoms with Gasteiger partial charge in [0.25, 0.3) is 0 Å². The van der Waals surface area contributed by atoms with Gasteiger partial charge in [-0.25, -0.2) is 0 Å². The lowest BCUT2D eigenvalue weighted by molar-refractivity contribution is -0.144. The van der Waals surface area contributed by atoms with Crippen molar-refractivity contribution in [2.45, 2.75) is 51.2 Å². The van der Waals surface area contributed by atoms with Crippen LogP contribution in [0.25, 0.3) is 0 Å². The molecule has 1 aromatic carbocycles. The van der Waals surface area contributed by atoms with Gasteiger partial charge in [0.05, 0.1) is 11.5 Å². The summed E-state index contributed by atoms with van der Waals surface area (Å²) in [6, 6.07) is 4.84. The third kappa shape index (κ3) is 5.21. The topological polar surface area (TPSA) is 66.4 Å². The van der Waals surface area contributed by atoms with Crippen LogP contribution >= 0.6 is 0 Å². The Morgan fingerprint density at radius 3 is 2.52 bits per heavy atom. The second-order valence-electron chi connectivity index (χ2n) is 6.67. The normalized spacial score (nSPS) is 22.2. The zero-order valence-corrected chi connectivity index (χ0v) is 14.0. The number of aliphatic carboxylic acids is 1. The first-order valence-corrected chi connectivity index (χ1v) is 8.36. The number of hydrogen-bond acceptors (Lipinski definition) is 2. The molecule has 0 saturated heterocycles. The zero-order chi connectivity index (χ0) is 18.6. The molecule has 1 aliphatic rings. The lowest BCUT2D eigenvalue weighted by Gasteiger charge is -2.27. The van der Waals surface area contributed by atoms with Gasteiger partial charge in [-0.3, -0.25) is 9.59 Å². The molecule has 2 rings (SSSR count). The first-order valence-electron chi connectivity index (χ1n) is 8.36. The Kier molecular flexibility index (Phi) is 6.08. The predicted molar refractivity (Wildman–Crippen MR) is 85.8 cm³/mol. The molecule has 0 spiro atoms. The minimum atomic E-state index is -4.43. The minimum Gasteiger partial charge on any atom is -0.481 e. The van der Waals surface area contributed by atoms with Crippen molar-refractivity contribution in [3.63, 3.8) is 0 Å². The second kappa shape index (κ2) is 7.89. The fourth-order valence-electron chi connectivity index (χ4n) is 3.37. The summed E-state index contributed by atoms with van der Waals surface area (Å²) in [7, 11) is 0. The van der Waals surface area contributed by atoms with Gasteiger partial charge in [-0.15, -0.1) is 0 Å². The molecule has 25 heavy (non-hydrogen) atoms. The van der Waals surface area contributed by atoms with Crippen LogP contribution < -0.4 is 5.32 Å². The fourth-order valence-corrected chi connectivity index (χ4v) is 3.37. The Balaban J connectivity index is 1.97. The van der Waals surface area contributed by atoms with Crippen LogP contribution in [-0.4, -0.2) is 23.0 Å². The van der Waals surface area contributed by atoms with Crippen LogP contribution in [-0.2, 0) is 22.2 Å². The smallest absolute Gasteiger partial charge is 0.416 e.